The summed E-state index contributed by atoms with van der Waals surface area (Å²) in [7, 11) is 0. The zero-order chi connectivity index (χ0) is 14.0. The molecule has 0 atom stereocenters. The van der Waals surface area contributed by atoms with E-state index in [1.807, 2.05) is 32.0 Å². The average molecular weight is 279 g/mol. The van der Waals surface area contributed by atoms with Crippen LogP contribution in [0.3, 0.4) is 0 Å². The first-order chi connectivity index (χ1) is 9.06. The Bertz CT molecular complexity index is 620. The second-order valence-corrected chi connectivity index (χ2v) is 4.76. The molecule has 0 spiro atoms. The number of aromatic carboxylic acids is 1. The Hall–Kier alpha value is -1.81. The number of halogens is 1. The minimum atomic E-state index is -0.950. The van der Waals surface area contributed by atoms with Gasteiger partial charge in [-0.1, -0.05) is 31.0 Å². The molecule has 0 saturated heterocycles. The highest BCUT2D eigenvalue weighted by atomic mass is 35.5. The van der Waals surface area contributed by atoms with E-state index in [2.05, 4.69) is 5.10 Å². The number of carboxylic acid groups (broad SMARTS) is 1. The predicted molar refractivity (Wildman–Crippen MR) is 74.3 cm³/mol. The molecular formula is C14H15ClN2O2. The second-order valence-electron chi connectivity index (χ2n) is 4.36. The van der Waals surface area contributed by atoms with Crippen LogP contribution >= 0.6 is 11.6 Å². The lowest BCUT2D eigenvalue weighted by Crippen LogP contribution is -2.07. The molecule has 19 heavy (non-hydrogen) atoms. The van der Waals surface area contributed by atoms with Gasteiger partial charge in [-0.15, -0.1) is 0 Å². The van der Waals surface area contributed by atoms with E-state index in [9.17, 15) is 9.90 Å². The number of hydrogen-bond acceptors (Lipinski definition) is 2. The molecule has 0 fully saturated rings. The maximum absolute atomic E-state index is 11.2. The highest BCUT2D eigenvalue weighted by Gasteiger charge is 2.18. The third kappa shape index (κ3) is 2.49. The van der Waals surface area contributed by atoms with Gasteiger partial charge >= 0.3 is 5.97 Å². The van der Waals surface area contributed by atoms with Gasteiger partial charge in [0.1, 0.15) is 5.56 Å². The standard InChI is InChI=1S/C14H15ClN2O2/c1-3-5-13-10(14(18)19)8-16-17(13)12-7-4-6-11(15)9(12)2/h4,6-8H,3,5H2,1-2H3,(H,18,19). The van der Waals surface area contributed by atoms with Crippen molar-refractivity contribution in [3.8, 4) is 5.69 Å². The van der Waals surface area contributed by atoms with Gasteiger partial charge < -0.3 is 5.11 Å². The maximum atomic E-state index is 11.2. The Labute approximate surface area is 116 Å². The van der Waals surface area contributed by atoms with Crippen molar-refractivity contribution in [2.75, 3.05) is 0 Å². The molecule has 0 radical (unpaired) electrons. The molecule has 0 aliphatic carbocycles. The third-order valence-corrected chi connectivity index (χ3v) is 3.46. The lowest BCUT2D eigenvalue weighted by molar-refractivity contribution is 0.0695. The van der Waals surface area contributed by atoms with E-state index in [0.29, 0.717) is 17.1 Å². The lowest BCUT2D eigenvalue weighted by atomic mass is 10.1. The first kappa shape index (κ1) is 13.6. The second kappa shape index (κ2) is 5.45. The van der Waals surface area contributed by atoms with Gasteiger partial charge in [0.05, 0.1) is 17.6 Å². The fourth-order valence-corrected chi connectivity index (χ4v) is 2.23. The summed E-state index contributed by atoms with van der Waals surface area (Å²) < 4.78 is 1.67. The van der Waals surface area contributed by atoms with Crippen LogP contribution in [-0.2, 0) is 6.42 Å². The Kier molecular flexibility index (Phi) is 3.90. The van der Waals surface area contributed by atoms with Gasteiger partial charge in [-0.2, -0.15) is 5.10 Å². The molecule has 0 bridgehead atoms. The molecule has 0 aliphatic heterocycles. The summed E-state index contributed by atoms with van der Waals surface area (Å²) in [6.45, 7) is 3.91. The molecule has 4 nitrogen and oxygen atoms in total. The number of carboxylic acids is 1. The molecule has 0 aliphatic rings. The molecule has 0 amide bonds. The highest BCUT2D eigenvalue weighted by Crippen LogP contribution is 2.24. The normalized spacial score (nSPS) is 10.7. The van der Waals surface area contributed by atoms with E-state index >= 15 is 0 Å². The predicted octanol–water partition coefficient (Wildman–Crippen LogP) is 3.48. The minimum Gasteiger partial charge on any atom is -0.478 e. The van der Waals surface area contributed by atoms with Crippen LogP contribution in [0.5, 0.6) is 0 Å². The molecule has 1 aromatic carbocycles. The summed E-state index contributed by atoms with van der Waals surface area (Å²) in [6, 6.07) is 5.53. The van der Waals surface area contributed by atoms with Crippen LogP contribution < -0.4 is 0 Å². The van der Waals surface area contributed by atoms with Crippen molar-refractivity contribution >= 4 is 17.6 Å². The number of benzene rings is 1. The SMILES string of the molecule is CCCc1c(C(=O)O)cnn1-c1cccc(Cl)c1C. The summed E-state index contributed by atoms with van der Waals surface area (Å²) in [6.07, 6.45) is 2.91. The van der Waals surface area contributed by atoms with Crippen LogP contribution in [-0.4, -0.2) is 20.9 Å². The smallest absolute Gasteiger partial charge is 0.339 e. The van der Waals surface area contributed by atoms with Crippen molar-refractivity contribution in [1.29, 1.82) is 0 Å². The summed E-state index contributed by atoms with van der Waals surface area (Å²) >= 11 is 6.11. The van der Waals surface area contributed by atoms with Crippen molar-refractivity contribution in [2.45, 2.75) is 26.7 Å². The van der Waals surface area contributed by atoms with Crippen LogP contribution in [0, 0.1) is 6.92 Å². The van der Waals surface area contributed by atoms with Crippen molar-refractivity contribution in [3.05, 3.63) is 46.2 Å². The van der Waals surface area contributed by atoms with Crippen molar-refractivity contribution < 1.29 is 9.90 Å². The van der Waals surface area contributed by atoms with E-state index < -0.39 is 5.97 Å². The number of hydrogen-bond donors (Lipinski definition) is 1. The quantitative estimate of drug-likeness (QED) is 0.931. The third-order valence-electron chi connectivity index (χ3n) is 3.05. The molecule has 2 aromatic rings. The van der Waals surface area contributed by atoms with Crippen LogP contribution in [0.4, 0.5) is 0 Å². The van der Waals surface area contributed by atoms with Crippen molar-refractivity contribution in [1.82, 2.24) is 9.78 Å². The van der Waals surface area contributed by atoms with Crippen LogP contribution in [0.1, 0.15) is 35.0 Å². The van der Waals surface area contributed by atoms with Crippen LogP contribution in [0.15, 0.2) is 24.4 Å². The lowest BCUT2D eigenvalue weighted by Gasteiger charge is -2.11. The average Bonchev–Trinajstić information content (AvgIpc) is 2.77. The van der Waals surface area contributed by atoms with E-state index in [1.165, 1.54) is 6.20 Å². The summed E-state index contributed by atoms with van der Waals surface area (Å²) in [5.74, 6) is -0.950. The van der Waals surface area contributed by atoms with Gasteiger partial charge in [-0.05, 0) is 31.0 Å². The van der Waals surface area contributed by atoms with Gasteiger partial charge in [0.2, 0.25) is 0 Å². The van der Waals surface area contributed by atoms with Gasteiger partial charge in [-0.3, -0.25) is 0 Å². The monoisotopic (exact) mass is 278 g/mol. The Morgan fingerprint density at radius 3 is 2.84 bits per heavy atom. The Morgan fingerprint density at radius 1 is 1.47 bits per heavy atom. The number of rotatable bonds is 4. The summed E-state index contributed by atoms with van der Waals surface area (Å²) in [5, 5.41) is 14.0. The van der Waals surface area contributed by atoms with E-state index in [0.717, 1.165) is 17.7 Å². The van der Waals surface area contributed by atoms with E-state index in [1.54, 1.807) is 4.68 Å². The molecule has 100 valence electrons. The van der Waals surface area contributed by atoms with Crippen LogP contribution in [0.25, 0.3) is 5.69 Å². The van der Waals surface area contributed by atoms with Crippen molar-refractivity contribution in [2.24, 2.45) is 0 Å². The topological polar surface area (TPSA) is 55.1 Å². The van der Waals surface area contributed by atoms with Gasteiger partial charge in [-0.25, -0.2) is 9.48 Å². The first-order valence-corrected chi connectivity index (χ1v) is 6.49. The zero-order valence-electron chi connectivity index (χ0n) is 10.9. The van der Waals surface area contributed by atoms with Gasteiger partial charge in [0.15, 0.2) is 0 Å². The number of aromatic nitrogens is 2. The maximum Gasteiger partial charge on any atom is 0.339 e. The zero-order valence-corrected chi connectivity index (χ0v) is 11.6. The molecule has 0 saturated carbocycles. The van der Waals surface area contributed by atoms with Crippen molar-refractivity contribution in [3.63, 3.8) is 0 Å². The molecule has 2 rings (SSSR count). The van der Waals surface area contributed by atoms with Crippen LogP contribution in [0.2, 0.25) is 5.02 Å². The fraction of sp³-hybridized carbons (Fsp3) is 0.286. The largest absolute Gasteiger partial charge is 0.478 e. The number of nitrogens with zero attached hydrogens (tertiary/aromatic N) is 2. The molecule has 1 N–H and O–H groups in total. The van der Waals surface area contributed by atoms with E-state index in [-0.39, 0.29) is 5.56 Å². The molecular weight excluding hydrogens is 264 g/mol. The molecule has 1 heterocycles. The summed E-state index contributed by atoms with van der Waals surface area (Å²) in [5.41, 5.74) is 2.67. The fourth-order valence-electron chi connectivity index (χ4n) is 2.06. The van der Waals surface area contributed by atoms with Gasteiger partial charge in [0, 0.05) is 5.02 Å². The molecule has 1 aromatic heterocycles. The summed E-state index contributed by atoms with van der Waals surface area (Å²) in [4.78, 5) is 11.2. The molecule has 0 unspecified atom stereocenters. The molecule has 5 heteroatoms. The highest BCUT2D eigenvalue weighted by molar-refractivity contribution is 6.31. The Balaban J connectivity index is 2.62. The Morgan fingerprint density at radius 2 is 2.21 bits per heavy atom. The minimum absolute atomic E-state index is 0.251. The van der Waals surface area contributed by atoms with Gasteiger partial charge in [0.25, 0.3) is 0 Å². The number of carbonyl (C=O) groups is 1. The van der Waals surface area contributed by atoms with E-state index in [4.69, 9.17) is 11.6 Å². The first-order valence-electron chi connectivity index (χ1n) is 6.12.